The van der Waals surface area contributed by atoms with Gasteiger partial charge in [-0.3, -0.25) is 4.90 Å². The van der Waals surface area contributed by atoms with Crippen LogP contribution in [0.3, 0.4) is 0 Å². The van der Waals surface area contributed by atoms with Gasteiger partial charge in [-0.25, -0.2) is 4.98 Å². The van der Waals surface area contributed by atoms with Crippen molar-refractivity contribution < 1.29 is 4.74 Å². The summed E-state index contributed by atoms with van der Waals surface area (Å²) in [5.74, 6) is 1.81. The number of H-pyrrole nitrogens is 1. The molecule has 0 amide bonds. The molecule has 0 spiro atoms. The maximum Gasteiger partial charge on any atom is 0.121 e. The number of rotatable bonds is 6. The largest absolute Gasteiger partial charge is 0.497 e. The summed E-state index contributed by atoms with van der Waals surface area (Å²) >= 11 is 0. The summed E-state index contributed by atoms with van der Waals surface area (Å²) in [7, 11) is 3.79. The maximum atomic E-state index is 8.98. The molecule has 5 heteroatoms. The predicted molar refractivity (Wildman–Crippen MR) is 103 cm³/mol. The number of ether oxygens (including phenoxy) is 1. The third-order valence-electron chi connectivity index (χ3n) is 4.67. The van der Waals surface area contributed by atoms with Crippen molar-refractivity contribution in [2.45, 2.75) is 33.4 Å². The fourth-order valence-corrected chi connectivity index (χ4v) is 3.35. The molecule has 0 aliphatic carbocycles. The SMILES string of the molecule is COc1cc(C)c(CN(C)Cc2nc3c(CC#N)cccc3[nH]2)c(C)c1. The molecule has 3 aromatic rings. The molecule has 0 saturated heterocycles. The van der Waals surface area contributed by atoms with Gasteiger partial charge in [0, 0.05) is 6.54 Å². The van der Waals surface area contributed by atoms with Crippen LogP contribution in [0.15, 0.2) is 30.3 Å². The van der Waals surface area contributed by atoms with Crippen molar-refractivity contribution >= 4 is 11.0 Å². The normalized spacial score (nSPS) is 11.1. The number of hydrogen-bond donors (Lipinski definition) is 1. The van der Waals surface area contributed by atoms with E-state index in [0.29, 0.717) is 13.0 Å². The molecule has 0 bridgehead atoms. The first-order chi connectivity index (χ1) is 12.5. The van der Waals surface area contributed by atoms with Gasteiger partial charge in [0.25, 0.3) is 0 Å². The predicted octanol–water partition coefficient (Wildman–Crippen LogP) is 3.89. The van der Waals surface area contributed by atoms with Gasteiger partial charge in [-0.05, 0) is 61.3 Å². The van der Waals surface area contributed by atoms with Gasteiger partial charge in [-0.15, -0.1) is 0 Å². The highest BCUT2D eigenvalue weighted by Crippen LogP contribution is 2.23. The number of para-hydroxylation sites is 1. The molecule has 5 nitrogen and oxygen atoms in total. The minimum absolute atomic E-state index is 0.377. The van der Waals surface area contributed by atoms with E-state index in [4.69, 9.17) is 15.0 Å². The van der Waals surface area contributed by atoms with Crippen LogP contribution in [0.5, 0.6) is 5.75 Å². The van der Waals surface area contributed by atoms with Gasteiger partial charge in [0.15, 0.2) is 0 Å². The van der Waals surface area contributed by atoms with Crippen LogP contribution in [-0.2, 0) is 19.5 Å². The van der Waals surface area contributed by atoms with E-state index < -0.39 is 0 Å². The minimum atomic E-state index is 0.377. The molecule has 3 rings (SSSR count). The highest BCUT2D eigenvalue weighted by atomic mass is 16.5. The van der Waals surface area contributed by atoms with Crippen LogP contribution in [0.4, 0.5) is 0 Å². The molecule has 26 heavy (non-hydrogen) atoms. The Morgan fingerprint density at radius 2 is 1.92 bits per heavy atom. The molecule has 0 radical (unpaired) electrons. The topological polar surface area (TPSA) is 64.9 Å². The molecule has 0 fully saturated rings. The van der Waals surface area contributed by atoms with E-state index in [1.807, 2.05) is 18.2 Å². The van der Waals surface area contributed by atoms with E-state index in [-0.39, 0.29) is 0 Å². The Morgan fingerprint density at radius 1 is 1.19 bits per heavy atom. The molecular formula is C21H24N4O. The fourth-order valence-electron chi connectivity index (χ4n) is 3.35. The monoisotopic (exact) mass is 348 g/mol. The van der Waals surface area contributed by atoms with Crippen molar-refractivity contribution in [1.82, 2.24) is 14.9 Å². The zero-order valence-corrected chi connectivity index (χ0v) is 15.8. The van der Waals surface area contributed by atoms with Gasteiger partial charge < -0.3 is 9.72 Å². The van der Waals surface area contributed by atoms with E-state index >= 15 is 0 Å². The van der Waals surface area contributed by atoms with Crippen molar-refractivity contribution in [3.8, 4) is 11.8 Å². The summed E-state index contributed by atoms with van der Waals surface area (Å²) in [6, 6.07) is 12.3. The first-order valence-electron chi connectivity index (χ1n) is 8.68. The van der Waals surface area contributed by atoms with Crippen molar-refractivity contribution in [2.24, 2.45) is 0 Å². The average molecular weight is 348 g/mol. The van der Waals surface area contributed by atoms with Gasteiger partial charge >= 0.3 is 0 Å². The highest BCUT2D eigenvalue weighted by Gasteiger charge is 2.12. The number of nitriles is 1. The molecule has 0 aliphatic heterocycles. The van der Waals surface area contributed by atoms with Crippen LogP contribution in [0, 0.1) is 25.2 Å². The number of aromatic nitrogens is 2. The van der Waals surface area contributed by atoms with Crippen LogP contribution in [0.1, 0.15) is 28.1 Å². The fraction of sp³-hybridized carbons (Fsp3) is 0.333. The summed E-state index contributed by atoms with van der Waals surface area (Å²) in [4.78, 5) is 10.3. The van der Waals surface area contributed by atoms with Crippen molar-refractivity contribution in [3.63, 3.8) is 0 Å². The number of fused-ring (bicyclic) bond motifs is 1. The second-order valence-corrected chi connectivity index (χ2v) is 6.74. The number of nitrogens with zero attached hydrogens (tertiary/aromatic N) is 3. The number of imidazole rings is 1. The van der Waals surface area contributed by atoms with Crippen LogP contribution >= 0.6 is 0 Å². The van der Waals surface area contributed by atoms with E-state index in [1.54, 1.807) is 7.11 Å². The lowest BCUT2D eigenvalue weighted by Gasteiger charge is -2.19. The molecule has 0 aliphatic rings. The number of hydrogen-bond acceptors (Lipinski definition) is 4. The molecule has 1 heterocycles. The van der Waals surface area contributed by atoms with Crippen LogP contribution in [0.25, 0.3) is 11.0 Å². The van der Waals surface area contributed by atoms with E-state index in [1.165, 1.54) is 16.7 Å². The number of nitrogens with one attached hydrogen (secondary N) is 1. The second kappa shape index (κ2) is 7.59. The lowest BCUT2D eigenvalue weighted by molar-refractivity contribution is 0.310. The number of methoxy groups -OCH3 is 1. The Labute approximate surface area is 154 Å². The van der Waals surface area contributed by atoms with Gasteiger partial charge in [0.1, 0.15) is 11.6 Å². The van der Waals surface area contributed by atoms with Crippen LogP contribution in [0.2, 0.25) is 0 Å². The third kappa shape index (κ3) is 3.71. The Hall–Kier alpha value is -2.84. The Kier molecular flexibility index (Phi) is 5.24. The minimum Gasteiger partial charge on any atom is -0.497 e. The molecule has 0 saturated carbocycles. The van der Waals surface area contributed by atoms with Crippen molar-refractivity contribution in [1.29, 1.82) is 5.26 Å². The standard InChI is InChI=1S/C21H24N4O/c1-14-10-17(26-4)11-15(2)18(14)12-25(3)13-20-23-19-7-5-6-16(8-9-22)21(19)24-20/h5-7,10-11H,8,12-13H2,1-4H3,(H,23,24). The van der Waals surface area contributed by atoms with Gasteiger partial charge in [0.2, 0.25) is 0 Å². The third-order valence-corrected chi connectivity index (χ3v) is 4.67. The molecule has 2 aromatic carbocycles. The summed E-state index contributed by atoms with van der Waals surface area (Å²) in [6.45, 7) is 5.79. The molecule has 134 valence electrons. The molecule has 1 N–H and O–H groups in total. The zero-order valence-electron chi connectivity index (χ0n) is 15.8. The highest BCUT2D eigenvalue weighted by molar-refractivity contribution is 5.79. The van der Waals surface area contributed by atoms with Crippen LogP contribution in [-0.4, -0.2) is 29.0 Å². The maximum absolute atomic E-state index is 8.98. The van der Waals surface area contributed by atoms with Crippen molar-refractivity contribution in [2.75, 3.05) is 14.2 Å². The number of aryl methyl sites for hydroxylation is 2. The van der Waals surface area contributed by atoms with Gasteiger partial charge in [-0.2, -0.15) is 5.26 Å². The molecular weight excluding hydrogens is 324 g/mol. The summed E-state index contributed by atoms with van der Waals surface area (Å²) in [5, 5.41) is 8.98. The lowest BCUT2D eigenvalue weighted by Crippen LogP contribution is -2.19. The van der Waals surface area contributed by atoms with Gasteiger partial charge in [0.05, 0.1) is 37.2 Å². The lowest BCUT2D eigenvalue weighted by atomic mass is 10.0. The molecule has 0 atom stereocenters. The Balaban J connectivity index is 1.79. The zero-order chi connectivity index (χ0) is 18.7. The van der Waals surface area contributed by atoms with Gasteiger partial charge in [-0.1, -0.05) is 12.1 Å². The van der Waals surface area contributed by atoms with E-state index in [9.17, 15) is 0 Å². The first kappa shape index (κ1) is 18.0. The summed E-state index contributed by atoms with van der Waals surface area (Å²) < 4.78 is 5.34. The van der Waals surface area contributed by atoms with Crippen LogP contribution < -0.4 is 4.74 Å². The quantitative estimate of drug-likeness (QED) is 0.734. The second-order valence-electron chi connectivity index (χ2n) is 6.74. The van der Waals surface area contributed by atoms with E-state index in [0.717, 1.165) is 34.7 Å². The summed E-state index contributed by atoms with van der Waals surface area (Å²) in [5.41, 5.74) is 6.63. The summed E-state index contributed by atoms with van der Waals surface area (Å²) in [6.07, 6.45) is 0.377. The molecule has 1 aromatic heterocycles. The first-order valence-corrected chi connectivity index (χ1v) is 8.68. The average Bonchev–Trinajstić information content (AvgIpc) is 3.01. The number of aromatic amines is 1. The van der Waals surface area contributed by atoms with E-state index in [2.05, 4.69) is 49.0 Å². The number of benzene rings is 2. The van der Waals surface area contributed by atoms with Crippen molar-refractivity contribution in [3.05, 3.63) is 58.4 Å². The molecule has 0 unspecified atom stereocenters. The smallest absolute Gasteiger partial charge is 0.121 e. The Bertz CT molecular complexity index is 945. The Morgan fingerprint density at radius 3 is 2.58 bits per heavy atom.